The average molecular weight is 393 g/mol. The van der Waals surface area contributed by atoms with Crippen LogP contribution in [0, 0.1) is 13.8 Å². The molecule has 0 atom stereocenters. The van der Waals surface area contributed by atoms with Crippen molar-refractivity contribution in [3.8, 4) is 5.82 Å². The third-order valence-corrected chi connectivity index (χ3v) is 5.21. The number of aryl methyl sites for hydroxylation is 2. The minimum atomic E-state index is -0.219. The first-order valence-corrected chi connectivity index (χ1v) is 9.71. The summed E-state index contributed by atoms with van der Waals surface area (Å²) in [6, 6.07) is 5.27. The van der Waals surface area contributed by atoms with Gasteiger partial charge in [-0.1, -0.05) is 0 Å². The highest BCUT2D eigenvalue weighted by molar-refractivity contribution is 5.92. The Kier molecular flexibility index (Phi) is 5.20. The number of carbonyl (C=O) groups is 1. The van der Waals surface area contributed by atoms with Crippen LogP contribution in [0.25, 0.3) is 5.82 Å². The molecule has 9 heteroatoms. The zero-order valence-electron chi connectivity index (χ0n) is 16.4. The lowest BCUT2D eigenvalue weighted by atomic mass is 9.91. The summed E-state index contributed by atoms with van der Waals surface area (Å²) in [5.74, 6) is 0.414. The van der Waals surface area contributed by atoms with Gasteiger partial charge in [0, 0.05) is 30.2 Å². The molecule has 1 aliphatic carbocycles. The fraction of sp³-hybridized carbons (Fsp3) is 0.400. The van der Waals surface area contributed by atoms with Crippen molar-refractivity contribution in [1.29, 1.82) is 0 Å². The van der Waals surface area contributed by atoms with Gasteiger partial charge in [0.1, 0.15) is 5.69 Å². The van der Waals surface area contributed by atoms with Crippen molar-refractivity contribution in [3.63, 3.8) is 0 Å². The maximum atomic E-state index is 12.4. The van der Waals surface area contributed by atoms with Gasteiger partial charge in [0.25, 0.3) is 11.5 Å². The van der Waals surface area contributed by atoms with Crippen LogP contribution in [0.1, 0.15) is 53.6 Å². The van der Waals surface area contributed by atoms with Gasteiger partial charge in [0.15, 0.2) is 5.82 Å². The number of nitrogens with zero attached hydrogens (tertiary/aromatic N) is 6. The molecule has 29 heavy (non-hydrogen) atoms. The Hall–Kier alpha value is -3.36. The van der Waals surface area contributed by atoms with Crippen molar-refractivity contribution < 1.29 is 4.79 Å². The predicted molar refractivity (Wildman–Crippen MR) is 106 cm³/mol. The SMILES string of the molecule is Cc1cc(C)n(-c2ccc(=O)n(C3CCC(NC(=O)c4cnccn4)CC3)n2)n1. The number of aromatic nitrogens is 6. The largest absolute Gasteiger partial charge is 0.348 e. The molecule has 0 saturated heterocycles. The second-order valence-electron chi connectivity index (χ2n) is 7.38. The number of amides is 1. The van der Waals surface area contributed by atoms with E-state index in [-0.39, 0.29) is 23.6 Å². The van der Waals surface area contributed by atoms with Crippen molar-refractivity contribution in [2.45, 2.75) is 51.6 Å². The van der Waals surface area contributed by atoms with E-state index in [4.69, 9.17) is 0 Å². The van der Waals surface area contributed by atoms with Crippen LogP contribution in [0.2, 0.25) is 0 Å². The lowest BCUT2D eigenvalue weighted by Gasteiger charge is -2.29. The van der Waals surface area contributed by atoms with E-state index in [9.17, 15) is 9.59 Å². The summed E-state index contributed by atoms with van der Waals surface area (Å²) in [5, 5.41) is 12.0. The Morgan fingerprint density at radius 3 is 2.55 bits per heavy atom. The van der Waals surface area contributed by atoms with Crippen LogP contribution in [0.4, 0.5) is 0 Å². The van der Waals surface area contributed by atoms with Crippen LogP contribution in [0.3, 0.4) is 0 Å². The topological polar surface area (TPSA) is 108 Å². The molecule has 1 aliphatic rings. The van der Waals surface area contributed by atoms with Gasteiger partial charge in [-0.25, -0.2) is 14.3 Å². The molecule has 1 fully saturated rings. The molecule has 0 radical (unpaired) electrons. The molecule has 0 spiro atoms. The van der Waals surface area contributed by atoms with Crippen LogP contribution in [-0.4, -0.2) is 41.5 Å². The summed E-state index contributed by atoms with van der Waals surface area (Å²) < 4.78 is 3.31. The van der Waals surface area contributed by atoms with Gasteiger partial charge in [-0.3, -0.25) is 14.6 Å². The molecular weight excluding hydrogens is 370 g/mol. The Morgan fingerprint density at radius 1 is 1.10 bits per heavy atom. The first kappa shape index (κ1) is 19.0. The van der Waals surface area contributed by atoms with Gasteiger partial charge in [-0.05, 0) is 51.7 Å². The highest BCUT2D eigenvalue weighted by atomic mass is 16.2. The molecule has 9 nitrogen and oxygen atoms in total. The third kappa shape index (κ3) is 4.08. The van der Waals surface area contributed by atoms with E-state index in [0.29, 0.717) is 11.5 Å². The second kappa shape index (κ2) is 7.94. The summed E-state index contributed by atoms with van der Waals surface area (Å²) in [5.41, 5.74) is 2.06. The van der Waals surface area contributed by atoms with E-state index in [0.717, 1.165) is 37.1 Å². The molecule has 1 saturated carbocycles. The van der Waals surface area contributed by atoms with E-state index in [1.54, 1.807) is 21.5 Å². The Morgan fingerprint density at radius 2 is 1.90 bits per heavy atom. The zero-order chi connectivity index (χ0) is 20.4. The summed E-state index contributed by atoms with van der Waals surface area (Å²) in [4.78, 5) is 32.6. The number of hydrogen-bond acceptors (Lipinski definition) is 6. The molecule has 0 unspecified atom stereocenters. The van der Waals surface area contributed by atoms with Gasteiger partial charge in [-0.15, -0.1) is 5.10 Å². The molecule has 3 heterocycles. The molecule has 1 N–H and O–H groups in total. The second-order valence-corrected chi connectivity index (χ2v) is 7.38. The van der Waals surface area contributed by atoms with Gasteiger partial charge in [-0.2, -0.15) is 5.10 Å². The van der Waals surface area contributed by atoms with Crippen LogP contribution in [0.15, 0.2) is 41.6 Å². The summed E-state index contributed by atoms with van der Waals surface area (Å²) in [7, 11) is 0. The standard InChI is InChI=1S/C20H23N7O2/c1-13-11-14(2)26(24-13)18-7-8-19(28)27(25-18)16-5-3-15(4-6-16)23-20(29)17-12-21-9-10-22-17/h7-12,15-16H,3-6H2,1-2H3,(H,23,29). The Balaban J connectivity index is 1.44. The summed E-state index contributed by atoms with van der Waals surface area (Å²) in [6.45, 7) is 3.89. The van der Waals surface area contributed by atoms with Crippen molar-refractivity contribution in [2.75, 3.05) is 0 Å². The monoisotopic (exact) mass is 393 g/mol. The smallest absolute Gasteiger partial charge is 0.271 e. The van der Waals surface area contributed by atoms with Gasteiger partial charge in [0.05, 0.1) is 17.9 Å². The summed E-state index contributed by atoms with van der Waals surface area (Å²) >= 11 is 0. The van der Waals surface area contributed by atoms with E-state index in [1.165, 1.54) is 18.6 Å². The highest BCUT2D eigenvalue weighted by Gasteiger charge is 2.25. The third-order valence-electron chi connectivity index (χ3n) is 5.21. The van der Waals surface area contributed by atoms with Crippen LogP contribution in [0.5, 0.6) is 0 Å². The Bertz CT molecular complexity index is 1070. The molecule has 3 aromatic rings. The van der Waals surface area contributed by atoms with Crippen molar-refractivity contribution in [1.82, 2.24) is 34.8 Å². The summed E-state index contributed by atoms with van der Waals surface area (Å²) in [6.07, 6.45) is 7.56. The van der Waals surface area contributed by atoms with Crippen molar-refractivity contribution >= 4 is 5.91 Å². The highest BCUT2D eigenvalue weighted by Crippen LogP contribution is 2.27. The van der Waals surface area contributed by atoms with E-state index in [2.05, 4.69) is 25.5 Å². The molecule has 4 rings (SSSR count). The first-order valence-electron chi connectivity index (χ1n) is 9.71. The minimum absolute atomic E-state index is 0.00378. The van der Waals surface area contributed by atoms with E-state index >= 15 is 0 Å². The molecule has 1 amide bonds. The molecule has 0 aromatic carbocycles. The fourth-order valence-corrected chi connectivity index (χ4v) is 3.79. The lowest BCUT2D eigenvalue weighted by Crippen LogP contribution is -2.40. The number of nitrogens with one attached hydrogen (secondary N) is 1. The predicted octanol–water partition coefficient (Wildman–Crippen LogP) is 1.75. The molecular formula is C20H23N7O2. The van der Waals surface area contributed by atoms with Crippen LogP contribution >= 0.6 is 0 Å². The van der Waals surface area contributed by atoms with Crippen molar-refractivity contribution in [2.24, 2.45) is 0 Å². The zero-order valence-corrected chi connectivity index (χ0v) is 16.4. The van der Waals surface area contributed by atoms with Gasteiger partial charge in [0.2, 0.25) is 0 Å². The van der Waals surface area contributed by atoms with E-state index < -0.39 is 0 Å². The van der Waals surface area contributed by atoms with Crippen molar-refractivity contribution in [3.05, 3.63) is 64.2 Å². The number of hydrogen-bond donors (Lipinski definition) is 1. The molecule has 3 aromatic heterocycles. The molecule has 0 bridgehead atoms. The first-order chi connectivity index (χ1) is 14.0. The maximum Gasteiger partial charge on any atom is 0.271 e. The maximum absolute atomic E-state index is 12.4. The van der Waals surface area contributed by atoms with E-state index in [1.807, 2.05) is 19.9 Å². The lowest BCUT2D eigenvalue weighted by molar-refractivity contribution is 0.0916. The molecule has 0 aliphatic heterocycles. The normalized spacial score (nSPS) is 19.1. The average Bonchev–Trinajstić information content (AvgIpc) is 3.08. The van der Waals surface area contributed by atoms with Gasteiger partial charge < -0.3 is 5.32 Å². The Labute approximate surface area is 167 Å². The number of carbonyl (C=O) groups excluding carboxylic acids is 1. The number of rotatable bonds is 4. The van der Waals surface area contributed by atoms with Crippen LogP contribution in [-0.2, 0) is 0 Å². The molecule has 150 valence electrons. The minimum Gasteiger partial charge on any atom is -0.348 e. The quantitative estimate of drug-likeness (QED) is 0.724. The van der Waals surface area contributed by atoms with Gasteiger partial charge >= 0.3 is 0 Å². The van der Waals surface area contributed by atoms with Crippen LogP contribution < -0.4 is 10.9 Å². The fourth-order valence-electron chi connectivity index (χ4n) is 3.79.